The standard InChI is InChI=1S/2C12H18O2/c1-8(2)12-6-5-11(7-14-13)9(3)10(12)4;1-8(2)10-6-5-7-11(14-13)12(10)9(3)4/h5-6,8,13H,7H2,1-4H3;5-9,13H,1-4H3. The van der Waals surface area contributed by atoms with Gasteiger partial charge in [0.05, 0.1) is 0 Å². The van der Waals surface area contributed by atoms with Gasteiger partial charge in [-0.1, -0.05) is 65.8 Å². The van der Waals surface area contributed by atoms with Crippen LogP contribution in [0, 0.1) is 13.8 Å². The molecular formula is C24H36O4. The Labute approximate surface area is 170 Å². The Balaban J connectivity index is 0.000000280. The van der Waals surface area contributed by atoms with Gasteiger partial charge in [-0.05, 0) is 65.5 Å². The van der Waals surface area contributed by atoms with Gasteiger partial charge in [0, 0.05) is 5.56 Å². The highest BCUT2D eigenvalue weighted by atomic mass is 17.1. The summed E-state index contributed by atoms with van der Waals surface area (Å²) in [5, 5.41) is 17.2. The molecule has 2 N–H and O–H groups in total. The molecule has 0 heterocycles. The molecule has 0 aliphatic heterocycles. The first kappa shape index (κ1) is 24.2. The van der Waals surface area contributed by atoms with E-state index >= 15 is 0 Å². The molecule has 0 bridgehead atoms. The topological polar surface area (TPSA) is 58.9 Å². The summed E-state index contributed by atoms with van der Waals surface area (Å²) >= 11 is 0. The van der Waals surface area contributed by atoms with Gasteiger partial charge in [0.25, 0.3) is 0 Å². The molecule has 0 saturated carbocycles. The zero-order chi connectivity index (χ0) is 21.4. The molecule has 0 radical (unpaired) electrons. The van der Waals surface area contributed by atoms with Gasteiger partial charge >= 0.3 is 0 Å². The van der Waals surface area contributed by atoms with Gasteiger partial charge in [0.15, 0.2) is 5.75 Å². The van der Waals surface area contributed by atoms with Gasteiger partial charge in [-0.2, -0.15) is 0 Å². The summed E-state index contributed by atoms with van der Waals surface area (Å²) in [5.41, 5.74) is 7.27. The largest absolute Gasteiger partial charge is 0.340 e. The van der Waals surface area contributed by atoms with Gasteiger partial charge in [-0.15, -0.1) is 0 Å². The van der Waals surface area contributed by atoms with Crippen molar-refractivity contribution >= 4 is 0 Å². The molecular weight excluding hydrogens is 352 g/mol. The molecule has 0 aliphatic rings. The van der Waals surface area contributed by atoms with Crippen LogP contribution in [0.4, 0.5) is 0 Å². The number of rotatable bonds is 6. The highest BCUT2D eigenvalue weighted by Gasteiger charge is 2.15. The van der Waals surface area contributed by atoms with Crippen LogP contribution in [-0.4, -0.2) is 10.5 Å². The van der Waals surface area contributed by atoms with Crippen molar-refractivity contribution in [2.75, 3.05) is 0 Å². The maximum absolute atomic E-state index is 8.77. The molecule has 0 unspecified atom stereocenters. The fraction of sp³-hybridized carbons (Fsp3) is 0.500. The van der Waals surface area contributed by atoms with E-state index in [1.165, 1.54) is 22.3 Å². The minimum Gasteiger partial charge on any atom is -0.340 e. The number of hydrogen-bond donors (Lipinski definition) is 2. The summed E-state index contributed by atoms with van der Waals surface area (Å²) in [7, 11) is 0. The Hall–Kier alpha value is -1.88. The molecule has 0 atom stereocenters. The van der Waals surface area contributed by atoms with E-state index in [1.54, 1.807) is 6.07 Å². The van der Waals surface area contributed by atoms with E-state index in [0.29, 0.717) is 23.5 Å². The molecule has 0 aromatic heterocycles. The molecule has 0 aliphatic carbocycles. The predicted molar refractivity (Wildman–Crippen MR) is 115 cm³/mol. The molecule has 0 spiro atoms. The second-order valence-corrected chi connectivity index (χ2v) is 8.15. The molecule has 0 saturated heterocycles. The van der Waals surface area contributed by atoms with Gasteiger partial charge < -0.3 is 4.89 Å². The zero-order valence-electron chi connectivity index (χ0n) is 18.5. The van der Waals surface area contributed by atoms with E-state index < -0.39 is 0 Å². The number of hydrogen-bond acceptors (Lipinski definition) is 4. The third-order valence-electron chi connectivity index (χ3n) is 5.18. The maximum Gasteiger partial charge on any atom is 0.168 e. The van der Waals surface area contributed by atoms with Crippen LogP contribution in [0.15, 0.2) is 30.3 Å². The first-order valence-corrected chi connectivity index (χ1v) is 9.95. The molecule has 0 amide bonds. The molecule has 2 aromatic carbocycles. The Morgan fingerprint density at radius 3 is 1.82 bits per heavy atom. The quantitative estimate of drug-likeness (QED) is 0.406. The van der Waals surface area contributed by atoms with Crippen LogP contribution in [0.5, 0.6) is 5.75 Å². The van der Waals surface area contributed by atoms with Gasteiger partial charge in [0.2, 0.25) is 0 Å². The SMILES string of the molecule is CC(C)c1cccc(OO)c1C(C)C.Cc1c(COO)ccc(C(C)C)c1C. The Morgan fingerprint density at radius 2 is 1.36 bits per heavy atom. The van der Waals surface area contributed by atoms with E-state index in [-0.39, 0.29) is 6.61 Å². The summed E-state index contributed by atoms with van der Waals surface area (Å²) in [6, 6.07) is 9.92. The molecule has 2 rings (SSSR count). The van der Waals surface area contributed by atoms with Crippen LogP contribution >= 0.6 is 0 Å². The Kier molecular flexibility index (Phi) is 9.66. The maximum atomic E-state index is 8.77. The lowest BCUT2D eigenvalue weighted by Crippen LogP contribution is -2.01. The zero-order valence-corrected chi connectivity index (χ0v) is 18.5. The summed E-state index contributed by atoms with van der Waals surface area (Å²) < 4.78 is 0. The summed E-state index contributed by atoms with van der Waals surface area (Å²) in [5.74, 6) is 1.92. The van der Waals surface area contributed by atoms with Crippen molar-refractivity contribution in [2.24, 2.45) is 0 Å². The van der Waals surface area contributed by atoms with Crippen molar-refractivity contribution in [1.29, 1.82) is 0 Å². The van der Waals surface area contributed by atoms with E-state index in [9.17, 15) is 0 Å². The fourth-order valence-corrected chi connectivity index (χ4v) is 3.51. The first-order chi connectivity index (χ1) is 13.1. The van der Waals surface area contributed by atoms with Crippen molar-refractivity contribution < 1.29 is 20.3 Å². The summed E-state index contributed by atoms with van der Waals surface area (Å²) in [6.07, 6.45) is 0. The van der Waals surface area contributed by atoms with Crippen molar-refractivity contribution in [1.82, 2.24) is 0 Å². The highest BCUT2D eigenvalue weighted by molar-refractivity contribution is 5.43. The molecule has 28 heavy (non-hydrogen) atoms. The second-order valence-electron chi connectivity index (χ2n) is 8.15. The Morgan fingerprint density at radius 1 is 0.750 bits per heavy atom. The number of benzene rings is 2. The van der Waals surface area contributed by atoms with E-state index in [4.69, 9.17) is 10.5 Å². The summed E-state index contributed by atoms with van der Waals surface area (Å²) in [4.78, 5) is 8.56. The van der Waals surface area contributed by atoms with Crippen LogP contribution in [0.25, 0.3) is 0 Å². The fourth-order valence-electron chi connectivity index (χ4n) is 3.51. The molecule has 4 nitrogen and oxygen atoms in total. The minimum absolute atomic E-state index is 0.269. The molecule has 0 fully saturated rings. The van der Waals surface area contributed by atoms with Crippen LogP contribution in [0.2, 0.25) is 0 Å². The van der Waals surface area contributed by atoms with Crippen LogP contribution in [0.1, 0.15) is 92.7 Å². The minimum atomic E-state index is 0.269. The lowest BCUT2D eigenvalue weighted by molar-refractivity contribution is -0.253. The Bertz CT molecular complexity index is 749. The predicted octanol–water partition coefficient (Wildman–Crippen LogP) is 7.20. The monoisotopic (exact) mass is 388 g/mol. The van der Waals surface area contributed by atoms with Crippen LogP contribution in [-0.2, 0) is 11.5 Å². The average molecular weight is 389 g/mol. The average Bonchev–Trinajstić information content (AvgIpc) is 2.65. The first-order valence-electron chi connectivity index (χ1n) is 9.95. The van der Waals surface area contributed by atoms with Crippen molar-refractivity contribution in [2.45, 2.75) is 79.8 Å². The molecule has 156 valence electrons. The van der Waals surface area contributed by atoms with E-state index in [0.717, 1.165) is 11.1 Å². The molecule has 4 heteroatoms. The smallest absolute Gasteiger partial charge is 0.168 e. The lowest BCUT2D eigenvalue weighted by Gasteiger charge is -2.17. The van der Waals surface area contributed by atoms with Crippen LogP contribution < -0.4 is 4.89 Å². The highest BCUT2D eigenvalue weighted by Crippen LogP contribution is 2.33. The summed E-state index contributed by atoms with van der Waals surface area (Å²) in [6.45, 7) is 17.3. The van der Waals surface area contributed by atoms with Gasteiger partial charge in [-0.3, -0.25) is 5.26 Å². The van der Waals surface area contributed by atoms with Gasteiger partial charge in [-0.25, -0.2) is 10.1 Å². The van der Waals surface area contributed by atoms with E-state index in [2.05, 4.69) is 77.3 Å². The van der Waals surface area contributed by atoms with Crippen molar-refractivity contribution in [3.05, 3.63) is 63.7 Å². The normalized spacial score (nSPS) is 11.0. The molecule has 2 aromatic rings. The van der Waals surface area contributed by atoms with Gasteiger partial charge in [0.1, 0.15) is 6.61 Å². The third-order valence-corrected chi connectivity index (χ3v) is 5.18. The van der Waals surface area contributed by atoms with Crippen LogP contribution in [0.3, 0.4) is 0 Å². The second kappa shape index (κ2) is 11.2. The lowest BCUT2D eigenvalue weighted by atomic mass is 9.90. The van der Waals surface area contributed by atoms with E-state index in [1.807, 2.05) is 12.1 Å². The van der Waals surface area contributed by atoms with Crippen molar-refractivity contribution in [3.63, 3.8) is 0 Å². The third kappa shape index (κ3) is 6.06. The van der Waals surface area contributed by atoms with Crippen molar-refractivity contribution in [3.8, 4) is 5.75 Å².